The molecule has 1 aliphatic rings. The number of hydrogen-bond acceptors (Lipinski definition) is 5. The molecule has 1 N–H and O–H groups in total. The topological polar surface area (TPSA) is 89.3 Å². The molecule has 1 aliphatic heterocycles. The van der Waals surface area contributed by atoms with E-state index in [0.29, 0.717) is 18.7 Å². The summed E-state index contributed by atoms with van der Waals surface area (Å²) in [7, 11) is -2.88. The van der Waals surface area contributed by atoms with Gasteiger partial charge >= 0.3 is 0 Å². The van der Waals surface area contributed by atoms with Crippen LogP contribution in [0.1, 0.15) is 12.0 Å². The van der Waals surface area contributed by atoms with Crippen molar-refractivity contribution in [1.29, 1.82) is 0 Å². The van der Waals surface area contributed by atoms with E-state index in [1.54, 1.807) is 6.07 Å². The Morgan fingerprint density at radius 2 is 2.21 bits per heavy atom. The minimum atomic E-state index is -2.88. The normalized spacial score (nSPS) is 21.2. The van der Waals surface area contributed by atoms with Gasteiger partial charge in [0.25, 0.3) is 5.69 Å². The van der Waals surface area contributed by atoms with E-state index in [1.807, 2.05) is 6.92 Å². The monoisotopic (exact) mass is 284 g/mol. The third kappa shape index (κ3) is 3.44. The van der Waals surface area contributed by atoms with E-state index in [1.165, 1.54) is 12.1 Å². The quantitative estimate of drug-likeness (QED) is 0.672. The van der Waals surface area contributed by atoms with Crippen molar-refractivity contribution >= 4 is 21.2 Å². The van der Waals surface area contributed by atoms with E-state index in [0.717, 1.165) is 5.56 Å². The maximum Gasteiger partial charge on any atom is 0.271 e. The summed E-state index contributed by atoms with van der Waals surface area (Å²) in [5.41, 5.74) is 1.64. The Morgan fingerprint density at radius 3 is 2.79 bits per heavy atom. The van der Waals surface area contributed by atoms with E-state index < -0.39 is 14.8 Å². The zero-order valence-electron chi connectivity index (χ0n) is 10.6. The molecule has 0 saturated carbocycles. The number of nitrogens with zero attached hydrogens (tertiary/aromatic N) is 1. The van der Waals surface area contributed by atoms with Crippen LogP contribution in [0.3, 0.4) is 0 Å². The molecule has 104 valence electrons. The Hall–Kier alpha value is -1.63. The van der Waals surface area contributed by atoms with Crippen LogP contribution in [0.5, 0.6) is 0 Å². The van der Waals surface area contributed by atoms with Gasteiger partial charge in [0.15, 0.2) is 9.84 Å². The largest absolute Gasteiger partial charge is 0.384 e. The highest BCUT2D eigenvalue weighted by atomic mass is 32.2. The lowest BCUT2D eigenvalue weighted by molar-refractivity contribution is -0.384. The van der Waals surface area contributed by atoms with Gasteiger partial charge in [-0.3, -0.25) is 10.1 Å². The first-order valence-corrected chi connectivity index (χ1v) is 7.89. The van der Waals surface area contributed by atoms with Crippen LogP contribution in [0.4, 0.5) is 11.4 Å². The van der Waals surface area contributed by atoms with Gasteiger partial charge in [0.2, 0.25) is 0 Å². The van der Waals surface area contributed by atoms with Crippen molar-refractivity contribution in [3.8, 4) is 0 Å². The number of non-ortho nitro benzene ring substituents is 1. The second kappa shape index (κ2) is 5.16. The first kappa shape index (κ1) is 13.8. The summed E-state index contributed by atoms with van der Waals surface area (Å²) in [6.07, 6.45) is 0.656. The van der Waals surface area contributed by atoms with E-state index in [9.17, 15) is 18.5 Å². The predicted octanol–water partition coefficient (Wildman–Crippen LogP) is 1.75. The number of rotatable bonds is 4. The summed E-state index contributed by atoms with van der Waals surface area (Å²) in [5.74, 6) is 0.532. The van der Waals surface area contributed by atoms with E-state index in [-0.39, 0.29) is 23.1 Å². The highest BCUT2D eigenvalue weighted by Gasteiger charge is 2.27. The Labute approximate surface area is 111 Å². The molecular formula is C12H16N2O4S. The number of benzene rings is 1. The molecule has 1 fully saturated rings. The van der Waals surface area contributed by atoms with Crippen LogP contribution < -0.4 is 5.32 Å². The van der Waals surface area contributed by atoms with E-state index in [4.69, 9.17) is 0 Å². The zero-order chi connectivity index (χ0) is 14.0. The van der Waals surface area contributed by atoms with Gasteiger partial charge in [-0.05, 0) is 24.8 Å². The molecule has 1 aromatic rings. The van der Waals surface area contributed by atoms with E-state index in [2.05, 4.69) is 5.32 Å². The standard InChI is InChI=1S/C12H16N2O4S/c1-9-2-3-11(14(15)16)6-12(9)13-7-10-4-5-19(17,18)8-10/h2-3,6,10,13H,4-5,7-8H2,1H3. The lowest BCUT2D eigenvalue weighted by atomic mass is 10.1. The minimum Gasteiger partial charge on any atom is -0.384 e. The van der Waals surface area contributed by atoms with Gasteiger partial charge in [-0.25, -0.2) is 8.42 Å². The Kier molecular flexibility index (Phi) is 3.75. The minimum absolute atomic E-state index is 0.0344. The number of hydrogen-bond donors (Lipinski definition) is 1. The Balaban J connectivity index is 2.03. The van der Waals surface area contributed by atoms with Crippen LogP contribution in [-0.2, 0) is 9.84 Å². The highest BCUT2D eigenvalue weighted by Crippen LogP contribution is 2.24. The average Bonchev–Trinajstić information content (AvgIpc) is 2.67. The number of nitrogens with one attached hydrogen (secondary N) is 1. The number of sulfone groups is 1. The molecule has 1 aromatic carbocycles. The summed E-state index contributed by atoms with van der Waals surface area (Å²) >= 11 is 0. The van der Waals surface area contributed by atoms with Crippen LogP contribution in [-0.4, -0.2) is 31.4 Å². The molecule has 0 bridgehead atoms. The second-order valence-corrected chi connectivity index (χ2v) is 7.14. The van der Waals surface area contributed by atoms with Crippen molar-refractivity contribution < 1.29 is 13.3 Å². The fourth-order valence-corrected chi connectivity index (χ4v) is 4.06. The predicted molar refractivity (Wildman–Crippen MR) is 73.1 cm³/mol. The Bertz CT molecular complexity index is 598. The third-order valence-electron chi connectivity index (χ3n) is 3.34. The van der Waals surface area contributed by atoms with Crippen LogP contribution in [0.2, 0.25) is 0 Å². The van der Waals surface area contributed by atoms with Gasteiger partial charge < -0.3 is 5.32 Å². The lowest BCUT2D eigenvalue weighted by Gasteiger charge is -2.12. The van der Waals surface area contributed by atoms with Gasteiger partial charge in [0, 0.05) is 24.4 Å². The van der Waals surface area contributed by atoms with Crippen LogP contribution in [0, 0.1) is 23.0 Å². The maximum absolute atomic E-state index is 11.3. The van der Waals surface area contributed by atoms with Crippen LogP contribution >= 0.6 is 0 Å². The van der Waals surface area contributed by atoms with E-state index >= 15 is 0 Å². The summed E-state index contributed by atoms with van der Waals surface area (Å²) in [4.78, 5) is 10.3. The molecule has 2 rings (SSSR count). The van der Waals surface area contributed by atoms with Gasteiger partial charge in [0.05, 0.1) is 16.4 Å². The molecule has 1 heterocycles. The average molecular weight is 284 g/mol. The molecule has 7 heteroatoms. The fourth-order valence-electron chi connectivity index (χ4n) is 2.20. The molecule has 0 amide bonds. The molecule has 6 nitrogen and oxygen atoms in total. The van der Waals surface area contributed by atoms with Crippen LogP contribution in [0.15, 0.2) is 18.2 Å². The molecule has 1 atom stereocenters. The molecule has 0 spiro atoms. The van der Waals surface area contributed by atoms with Crippen molar-refractivity contribution in [2.45, 2.75) is 13.3 Å². The zero-order valence-corrected chi connectivity index (χ0v) is 11.4. The van der Waals surface area contributed by atoms with Crippen molar-refractivity contribution in [3.05, 3.63) is 33.9 Å². The molecular weight excluding hydrogens is 268 g/mol. The second-order valence-electron chi connectivity index (χ2n) is 4.91. The van der Waals surface area contributed by atoms with Crippen LogP contribution in [0.25, 0.3) is 0 Å². The van der Waals surface area contributed by atoms with Crippen molar-refractivity contribution in [3.63, 3.8) is 0 Å². The first-order chi connectivity index (χ1) is 8.87. The number of aryl methyl sites for hydroxylation is 1. The summed E-state index contributed by atoms with van der Waals surface area (Å²) in [5, 5.41) is 13.8. The van der Waals surface area contributed by atoms with Gasteiger partial charge in [-0.1, -0.05) is 6.07 Å². The SMILES string of the molecule is Cc1ccc([N+](=O)[O-])cc1NCC1CCS(=O)(=O)C1. The highest BCUT2D eigenvalue weighted by molar-refractivity contribution is 7.91. The van der Waals surface area contributed by atoms with Gasteiger partial charge in [-0.15, -0.1) is 0 Å². The molecule has 0 radical (unpaired) electrons. The number of nitro benzene ring substituents is 1. The molecule has 0 aliphatic carbocycles. The number of nitro groups is 1. The Morgan fingerprint density at radius 1 is 1.47 bits per heavy atom. The lowest BCUT2D eigenvalue weighted by Crippen LogP contribution is -2.16. The van der Waals surface area contributed by atoms with Crippen molar-refractivity contribution in [1.82, 2.24) is 0 Å². The van der Waals surface area contributed by atoms with Gasteiger partial charge in [-0.2, -0.15) is 0 Å². The fraction of sp³-hybridized carbons (Fsp3) is 0.500. The summed E-state index contributed by atoms with van der Waals surface area (Å²) in [6.45, 7) is 2.39. The summed E-state index contributed by atoms with van der Waals surface area (Å²) in [6, 6.07) is 4.63. The maximum atomic E-state index is 11.3. The molecule has 1 unspecified atom stereocenters. The van der Waals surface area contributed by atoms with Crippen molar-refractivity contribution in [2.75, 3.05) is 23.4 Å². The summed E-state index contributed by atoms with van der Waals surface area (Å²) < 4.78 is 22.7. The smallest absolute Gasteiger partial charge is 0.271 e. The molecule has 0 aromatic heterocycles. The molecule has 1 saturated heterocycles. The number of anilines is 1. The first-order valence-electron chi connectivity index (χ1n) is 6.07. The molecule has 19 heavy (non-hydrogen) atoms. The third-order valence-corrected chi connectivity index (χ3v) is 5.18. The van der Waals surface area contributed by atoms with Crippen molar-refractivity contribution in [2.24, 2.45) is 5.92 Å². The van der Waals surface area contributed by atoms with Gasteiger partial charge in [0.1, 0.15) is 0 Å².